The Morgan fingerprint density at radius 1 is 1.44 bits per heavy atom. The summed E-state index contributed by atoms with van der Waals surface area (Å²) in [5, 5.41) is 2.83. The van der Waals surface area contributed by atoms with Gasteiger partial charge in [-0.3, -0.25) is 4.79 Å². The van der Waals surface area contributed by atoms with Crippen LogP contribution in [0.5, 0.6) is 0 Å². The molecule has 100 valence electrons. The van der Waals surface area contributed by atoms with E-state index in [0.717, 1.165) is 19.3 Å². The first-order valence-corrected chi connectivity index (χ1v) is 6.70. The largest absolute Gasteiger partial charge is 0.338 e. The van der Waals surface area contributed by atoms with Crippen molar-refractivity contribution in [3.8, 4) is 0 Å². The zero-order chi connectivity index (χ0) is 12.8. The molecule has 1 unspecified atom stereocenters. The van der Waals surface area contributed by atoms with E-state index in [-0.39, 0.29) is 23.4 Å². The number of carbonyl (C=O) groups is 2. The summed E-state index contributed by atoms with van der Waals surface area (Å²) in [6, 6.07) is 0.148. The van der Waals surface area contributed by atoms with E-state index in [1.165, 1.54) is 0 Å². The first-order chi connectivity index (χ1) is 8.66. The van der Waals surface area contributed by atoms with Crippen LogP contribution in [0, 0.1) is 5.41 Å². The van der Waals surface area contributed by atoms with Crippen molar-refractivity contribution in [2.24, 2.45) is 11.1 Å². The van der Waals surface area contributed by atoms with Crippen LogP contribution in [0.15, 0.2) is 0 Å². The van der Waals surface area contributed by atoms with Crippen LogP contribution in [0.1, 0.15) is 19.3 Å². The molecule has 3 fully saturated rings. The Hall–Kier alpha value is -1.30. The van der Waals surface area contributed by atoms with Crippen molar-refractivity contribution < 1.29 is 9.59 Å². The second-order valence-electron chi connectivity index (χ2n) is 5.62. The van der Waals surface area contributed by atoms with Crippen molar-refractivity contribution in [3.05, 3.63) is 0 Å². The molecule has 3 aliphatic rings. The number of amides is 3. The fraction of sp³-hybridized carbons (Fsp3) is 0.833. The predicted molar refractivity (Wildman–Crippen MR) is 65.8 cm³/mol. The van der Waals surface area contributed by atoms with Crippen molar-refractivity contribution in [2.75, 3.05) is 32.7 Å². The SMILES string of the molecule is NCC1(C(=O)N2CCN3C(=O)NCC3C2)CCC1. The van der Waals surface area contributed by atoms with Crippen molar-refractivity contribution >= 4 is 11.9 Å². The van der Waals surface area contributed by atoms with E-state index in [1.807, 2.05) is 9.80 Å². The molecule has 3 amide bonds. The van der Waals surface area contributed by atoms with Gasteiger partial charge in [-0.25, -0.2) is 4.79 Å². The normalized spacial score (nSPS) is 29.6. The van der Waals surface area contributed by atoms with Crippen LogP contribution in [-0.2, 0) is 4.79 Å². The number of nitrogens with two attached hydrogens (primary N) is 1. The highest BCUT2D eigenvalue weighted by molar-refractivity contribution is 5.85. The maximum atomic E-state index is 12.5. The summed E-state index contributed by atoms with van der Waals surface area (Å²) in [5.74, 6) is 0.204. The lowest BCUT2D eigenvalue weighted by atomic mass is 9.67. The van der Waals surface area contributed by atoms with Gasteiger partial charge in [0.05, 0.1) is 11.5 Å². The lowest BCUT2D eigenvalue weighted by molar-refractivity contribution is -0.148. The summed E-state index contributed by atoms with van der Waals surface area (Å²) in [6.07, 6.45) is 2.95. The Morgan fingerprint density at radius 3 is 2.83 bits per heavy atom. The number of rotatable bonds is 2. The third-order valence-corrected chi connectivity index (χ3v) is 4.67. The fourth-order valence-corrected chi connectivity index (χ4v) is 3.23. The topological polar surface area (TPSA) is 78.7 Å². The van der Waals surface area contributed by atoms with E-state index in [2.05, 4.69) is 5.32 Å². The van der Waals surface area contributed by atoms with Crippen LogP contribution in [-0.4, -0.2) is 60.5 Å². The van der Waals surface area contributed by atoms with Gasteiger partial charge in [0.1, 0.15) is 0 Å². The molecule has 6 nitrogen and oxygen atoms in total. The molecule has 0 aromatic rings. The van der Waals surface area contributed by atoms with Crippen molar-refractivity contribution in [1.29, 1.82) is 0 Å². The quantitative estimate of drug-likeness (QED) is 0.685. The lowest BCUT2D eigenvalue weighted by Crippen LogP contribution is -2.59. The van der Waals surface area contributed by atoms with Gasteiger partial charge in [-0.05, 0) is 12.8 Å². The molecular formula is C12H20N4O2. The molecule has 0 spiro atoms. The number of nitrogens with zero attached hydrogens (tertiary/aromatic N) is 2. The van der Waals surface area contributed by atoms with Gasteiger partial charge in [0, 0.05) is 32.7 Å². The highest BCUT2D eigenvalue weighted by atomic mass is 16.2. The summed E-state index contributed by atoms with van der Waals surface area (Å²) in [6.45, 7) is 3.04. The smallest absolute Gasteiger partial charge is 0.317 e. The number of hydrogen-bond donors (Lipinski definition) is 2. The number of urea groups is 1. The van der Waals surface area contributed by atoms with Crippen LogP contribution < -0.4 is 11.1 Å². The molecule has 1 aliphatic carbocycles. The second kappa shape index (κ2) is 4.12. The molecule has 0 radical (unpaired) electrons. The maximum Gasteiger partial charge on any atom is 0.317 e. The van der Waals surface area contributed by atoms with Crippen molar-refractivity contribution in [3.63, 3.8) is 0 Å². The first-order valence-electron chi connectivity index (χ1n) is 6.70. The van der Waals surface area contributed by atoms with Gasteiger partial charge in [-0.1, -0.05) is 6.42 Å². The summed E-state index contributed by atoms with van der Waals surface area (Å²) in [7, 11) is 0. The van der Waals surface area contributed by atoms with Crippen molar-refractivity contribution in [1.82, 2.24) is 15.1 Å². The molecule has 2 heterocycles. The Balaban J connectivity index is 1.68. The van der Waals surface area contributed by atoms with Gasteiger partial charge in [-0.2, -0.15) is 0 Å². The molecule has 2 saturated heterocycles. The van der Waals surface area contributed by atoms with Gasteiger partial charge in [-0.15, -0.1) is 0 Å². The minimum atomic E-state index is -0.293. The summed E-state index contributed by atoms with van der Waals surface area (Å²) >= 11 is 0. The molecule has 0 bridgehead atoms. The summed E-state index contributed by atoms with van der Waals surface area (Å²) in [5.41, 5.74) is 5.49. The average Bonchev–Trinajstić information content (AvgIpc) is 2.70. The summed E-state index contributed by atoms with van der Waals surface area (Å²) < 4.78 is 0. The van der Waals surface area contributed by atoms with E-state index >= 15 is 0 Å². The third kappa shape index (κ3) is 1.59. The number of fused-ring (bicyclic) bond motifs is 1. The van der Waals surface area contributed by atoms with Crippen LogP contribution in [0.3, 0.4) is 0 Å². The number of carbonyl (C=O) groups excluding carboxylic acids is 2. The van der Waals surface area contributed by atoms with Gasteiger partial charge in [0.25, 0.3) is 0 Å². The monoisotopic (exact) mass is 252 g/mol. The van der Waals surface area contributed by atoms with Gasteiger partial charge < -0.3 is 20.9 Å². The van der Waals surface area contributed by atoms with Crippen molar-refractivity contribution in [2.45, 2.75) is 25.3 Å². The lowest BCUT2D eigenvalue weighted by Gasteiger charge is -2.45. The molecule has 1 atom stereocenters. The highest BCUT2D eigenvalue weighted by Gasteiger charge is 2.47. The number of piperazine rings is 1. The van der Waals surface area contributed by atoms with Crippen LogP contribution in [0.4, 0.5) is 4.79 Å². The first kappa shape index (κ1) is 11.8. The number of hydrogen-bond acceptors (Lipinski definition) is 3. The Kier molecular flexibility index (Phi) is 2.69. The highest BCUT2D eigenvalue weighted by Crippen LogP contribution is 2.41. The van der Waals surface area contributed by atoms with Crippen LogP contribution in [0.25, 0.3) is 0 Å². The average molecular weight is 252 g/mol. The van der Waals surface area contributed by atoms with E-state index in [4.69, 9.17) is 5.73 Å². The van der Waals surface area contributed by atoms with E-state index in [1.54, 1.807) is 0 Å². The molecule has 6 heteroatoms. The maximum absolute atomic E-state index is 12.5. The molecule has 1 saturated carbocycles. The Bertz CT molecular complexity index is 375. The van der Waals surface area contributed by atoms with Gasteiger partial charge >= 0.3 is 6.03 Å². The molecule has 18 heavy (non-hydrogen) atoms. The van der Waals surface area contributed by atoms with E-state index in [9.17, 15) is 9.59 Å². The Labute approximate surface area is 106 Å². The van der Waals surface area contributed by atoms with E-state index in [0.29, 0.717) is 32.7 Å². The van der Waals surface area contributed by atoms with E-state index < -0.39 is 0 Å². The molecule has 3 N–H and O–H groups in total. The molecule has 0 aromatic heterocycles. The molecule has 3 rings (SSSR count). The predicted octanol–water partition coefficient (Wildman–Crippen LogP) is -0.649. The molecule has 0 aromatic carbocycles. The van der Waals surface area contributed by atoms with Crippen LogP contribution >= 0.6 is 0 Å². The van der Waals surface area contributed by atoms with Crippen LogP contribution in [0.2, 0.25) is 0 Å². The Morgan fingerprint density at radius 2 is 2.22 bits per heavy atom. The zero-order valence-corrected chi connectivity index (χ0v) is 10.5. The minimum Gasteiger partial charge on any atom is -0.338 e. The second-order valence-corrected chi connectivity index (χ2v) is 5.62. The molecular weight excluding hydrogens is 232 g/mol. The third-order valence-electron chi connectivity index (χ3n) is 4.67. The standard InChI is InChI=1S/C12H20N4O2/c13-8-12(2-1-3-12)10(17)15-4-5-16-9(7-15)6-14-11(16)18/h9H,1-8,13H2,(H,14,18). The van der Waals surface area contributed by atoms with Gasteiger partial charge in [0.15, 0.2) is 0 Å². The zero-order valence-electron chi connectivity index (χ0n) is 10.5. The fourth-order valence-electron chi connectivity index (χ4n) is 3.23. The molecule has 2 aliphatic heterocycles. The number of nitrogens with one attached hydrogen (secondary N) is 1. The van der Waals surface area contributed by atoms with Gasteiger partial charge in [0.2, 0.25) is 5.91 Å². The minimum absolute atomic E-state index is 0.00396. The summed E-state index contributed by atoms with van der Waals surface area (Å²) in [4.78, 5) is 27.8.